The van der Waals surface area contributed by atoms with Gasteiger partial charge in [0.2, 0.25) is 0 Å². The first-order valence-electron chi connectivity index (χ1n) is 5.31. The zero-order chi connectivity index (χ0) is 8.55. The molecule has 0 radical (unpaired) electrons. The Morgan fingerprint density at radius 1 is 1.25 bits per heavy atom. The minimum Gasteiger partial charge on any atom is -0.330 e. The Balaban J connectivity index is 2.01. The van der Waals surface area contributed by atoms with E-state index in [2.05, 4.69) is 11.8 Å². The second-order valence-corrected chi connectivity index (χ2v) is 4.29. The summed E-state index contributed by atoms with van der Waals surface area (Å²) >= 11 is 0. The molecule has 2 bridgehead atoms. The van der Waals surface area contributed by atoms with Crippen LogP contribution in [-0.2, 0) is 0 Å². The standard InChI is InChI=1S/C10H20N2/c1-2-12-9-3-4-10(12)6-8(5-9)7-11/h8-10H,2-7,11H2,1H3. The summed E-state index contributed by atoms with van der Waals surface area (Å²) in [6.07, 6.45) is 5.58. The van der Waals surface area contributed by atoms with Gasteiger partial charge < -0.3 is 5.73 Å². The first-order valence-corrected chi connectivity index (χ1v) is 5.31. The molecule has 2 rings (SSSR count). The highest BCUT2D eigenvalue weighted by Gasteiger charge is 2.38. The Morgan fingerprint density at radius 3 is 2.25 bits per heavy atom. The fourth-order valence-corrected chi connectivity index (χ4v) is 3.10. The fraction of sp³-hybridized carbons (Fsp3) is 1.00. The molecule has 12 heavy (non-hydrogen) atoms. The number of rotatable bonds is 2. The van der Waals surface area contributed by atoms with Crippen LogP contribution in [0.2, 0.25) is 0 Å². The van der Waals surface area contributed by atoms with Crippen molar-refractivity contribution in [1.82, 2.24) is 4.90 Å². The van der Waals surface area contributed by atoms with Crippen molar-refractivity contribution in [3.05, 3.63) is 0 Å². The van der Waals surface area contributed by atoms with Crippen molar-refractivity contribution >= 4 is 0 Å². The van der Waals surface area contributed by atoms with E-state index in [-0.39, 0.29) is 0 Å². The van der Waals surface area contributed by atoms with Crippen LogP contribution in [0, 0.1) is 5.92 Å². The molecule has 2 heteroatoms. The van der Waals surface area contributed by atoms with E-state index >= 15 is 0 Å². The Hall–Kier alpha value is -0.0800. The summed E-state index contributed by atoms with van der Waals surface area (Å²) in [5.74, 6) is 0.824. The maximum absolute atomic E-state index is 5.72. The van der Waals surface area contributed by atoms with Gasteiger partial charge in [0.05, 0.1) is 0 Å². The second-order valence-electron chi connectivity index (χ2n) is 4.29. The third-order valence-corrected chi connectivity index (χ3v) is 3.68. The van der Waals surface area contributed by atoms with Crippen LogP contribution in [0.25, 0.3) is 0 Å². The van der Waals surface area contributed by atoms with E-state index in [0.29, 0.717) is 0 Å². The van der Waals surface area contributed by atoms with Gasteiger partial charge in [0, 0.05) is 12.1 Å². The van der Waals surface area contributed by atoms with Crippen LogP contribution in [0.3, 0.4) is 0 Å². The number of hydrogen-bond acceptors (Lipinski definition) is 2. The van der Waals surface area contributed by atoms with Gasteiger partial charge in [-0.05, 0) is 44.7 Å². The molecule has 2 atom stereocenters. The third kappa shape index (κ3) is 1.27. The summed E-state index contributed by atoms with van der Waals surface area (Å²) in [6, 6.07) is 1.75. The van der Waals surface area contributed by atoms with E-state index in [4.69, 9.17) is 5.73 Å². The Morgan fingerprint density at radius 2 is 1.83 bits per heavy atom. The van der Waals surface area contributed by atoms with E-state index in [0.717, 1.165) is 24.5 Å². The minimum atomic E-state index is 0.824. The monoisotopic (exact) mass is 168 g/mol. The molecule has 0 amide bonds. The van der Waals surface area contributed by atoms with Gasteiger partial charge >= 0.3 is 0 Å². The summed E-state index contributed by atoms with van der Waals surface area (Å²) in [5, 5.41) is 0. The maximum atomic E-state index is 5.72. The fourth-order valence-electron chi connectivity index (χ4n) is 3.10. The zero-order valence-corrected chi connectivity index (χ0v) is 8.00. The average Bonchev–Trinajstić information content (AvgIpc) is 2.35. The van der Waals surface area contributed by atoms with E-state index in [1.54, 1.807) is 0 Å². The van der Waals surface area contributed by atoms with Crippen LogP contribution in [-0.4, -0.2) is 30.1 Å². The summed E-state index contributed by atoms with van der Waals surface area (Å²) in [4.78, 5) is 2.69. The van der Waals surface area contributed by atoms with E-state index in [1.807, 2.05) is 0 Å². The van der Waals surface area contributed by atoms with Crippen molar-refractivity contribution in [2.24, 2.45) is 11.7 Å². The van der Waals surface area contributed by atoms with Gasteiger partial charge in [-0.15, -0.1) is 0 Å². The van der Waals surface area contributed by atoms with Crippen molar-refractivity contribution in [2.45, 2.75) is 44.7 Å². The first-order chi connectivity index (χ1) is 5.85. The van der Waals surface area contributed by atoms with Gasteiger partial charge in [-0.1, -0.05) is 6.92 Å². The molecule has 0 aromatic rings. The van der Waals surface area contributed by atoms with Gasteiger partial charge in [-0.2, -0.15) is 0 Å². The SMILES string of the molecule is CCN1C2CCC1CC(CN)C2. The smallest absolute Gasteiger partial charge is 0.0102 e. The van der Waals surface area contributed by atoms with Gasteiger partial charge in [-0.3, -0.25) is 4.90 Å². The van der Waals surface area contributed by atoms with Gasteiger partial charge in [0.25, 0.3) is 0 Å². The lowest BCUT2D eigenvalue weighted by Gasteiger charge is -2.37. The predicted molar refractivity (Wildman–Crippen MR) is 51.0 cm³/mol. The first kappa shape index (κ1) is 8.52. The third-order valence-electron chi connectivity index (χ3n) is 3.68. The van der Waals surface area contributed by atoms with Crippen molar-refractivity contribution in [3.63, 3.8) is 0 Å². The average molecular weight is 168 g/mol. The van der Waals surface area contributed by atoms with Crippen LogP contribution in [0.1, 0.15) is 32.6 Å². The van der Waals surface area contributed by atoms with Crippen molar-refractivity contribution in [3.8, 4) is 0 Å². The largest absolute Gasteiger partial charge is 0.330 e. The van der Waals surface area contributed by atoms with Crippen LogP contribution in [0.15, 0.2) is 0 Å². The second kappa shape index (κ2) is 3.35. The lowest BCUT2D eigenvalue weighted by molar-refractivity contribution is 0.113. The molecular formula is C10H20N2. The number of piperidine rings is 1. The van der Waals surface area contributed by atoms with Gasteiger partial charge in [0.15, 0.2) is 0 Å². The van der Waals surface area contributed by atoms with Gasteiger partial charge in [-0.25, -0.2) is 0 Å². The van der Waals surface area contributed by atoms with Crippen LogP contribution >= 0.6 is 0 Å². The molecule has 0 spiro atoms. The maximum Gasteiger partial charge on any atom is 0.0102 e. The summed E-state index contributed by atoms with van der Waals surface area (Å²) < 4.78 is 0. The number of nitrogens with zero attached hydrogens (tertiary/aromatic N) is 1. The Labute approximate surface area is 75.1 Å². The summed E-state index contributed by atoms with van der Waals surface area (Å²) in [5.41, 5.74) is 5.72. The lowest BCUT2D eigenvalue weighted by atomic mass is 9.91. The topological polar surface area (TPSA) is 29.3 Å². The molecule has 2 fully saturated rings. The molecule has 0 saturated carbocycles. The minimum absolute atomic E-state index is 0.824. The molecule has 0 aromatic carbocycles. The van der Waals surface area contributed by atoms with Crippen LogP contribution < -0.4 is 5.73 Å². The molecule has 2 N–H and O–H groups in total. The van der Waals surface area contributed by atoms with Gasteiger partial charge in [0.1, 0.15) is 0 Å². The summed E-state index contributed by atoms with van der Waals surface area (Å²) in [7, 11) is 0. The molecule has 0 aliphatic carbocycles. The molecule has 0 aromatic heterocycles. The highest BCUT2D eigenvalue weighted by molar-refractivity contribution is 4.94. The predicted octanol–water partition coefficient (Wildman–Crippen LogP) is 1.21. The molecular weight excluding hydrogens is 148 g/mol. The zero-order valence-electron chi connectivity index (χ0n) is 8.00. The number of fused-ring (bicyclic) bond motifs is 2. The highest BCUT2D eigenvalue weighted by atomic mass is 15.2. The quantitative estimate of drug-likeness (QED) is 0.671. The molecule has 2 heterocycles. The molecule has 2 saturated heterocycles. The van der Waals surface area contributed by atoms with Crippen molar-refractivity contribution < 1.29 is 0 Å². The number of nitrogens with two attached hydrogens (primary N) is 1. The lowest BCUT2D eigenvalue weighted by Crippen LogP contribution is -2.44. The number of hydrogen-bond donors (Lipinski definition) is 1. The molecule has 2 aliphatic heterocycles. The summed E-state index contributed by atoms with van der Waals surface area (Å²) in [6.45, 7) is 4.44. The Bertz CT molecular complexity index is 144. The van der Waals surface area contributed by atoms with E-state index in [1.165, 1.54) is 32.2 Å². The highest BCUT2D eigenvalue weighted by Crippen LogP contribution is 2.37. The van der Waals surface area contributed by atoms with Crippen molar-refractivity contribution in [1.29, 1.82) is 0 Å². The molecule has 2 aliphatic rings. The molecule has 2 nitrogen and oxygen atoms in total. The normalized spacial score (nSPS) is 42.0. The van der Waals surface area contributed by atoms with Crippen LogP contribution in [0.4, 0.5) is 0 Å². The van der Waals surface area contributed by atoms with E-state index in [9.17, 15) is 0 Å². The van der Waals surface area contributed by atoms with E-state index < -0.39 is 0 Å². The van der Waals surface area contributed by atoms with Crippen molar-refractivity contribution in [2.75, 3.05) is 13.1 Å². The molecule has 70 valence electrons. The van der Waals surface area contributed by atoms with Crippen LogP contribution in [0.5, 0.6) is 0 Å². The Kier molecular flexibility index (Phi) is 2.37. The molecule has 2 unspecified atom stereocenters.